The largest absolute Gasteiger partial charge is 0.368 e. The molecule has 3 aromatic carbocycles. The molecule has 1 fully saturated rings. The van der Waals surface area contributed by atoms with Crippen molar-refractivity contribution in [3.05, 3.63) is 82.0 Å². The average molecular weight is 459 g/mol. The van der Waals surface area contributed by atoms with Gasteiger partial charge in [0, 0.05) is 30.6 Å². The molecule has 0 spiro atoms. The number of primary amides is 1. The predicted molar refractivity (Wildman–Crippen MR) is 130 cm³/mol. The summed E-state index contributed by atoms with van der Waals surface area (Å²) >= 11 is 0. The van der Waals surface area contributed by atoms with E-state index in [9.17, 15) is 14.0 Å². The van der Waals surface area contributed by atoms with Crippen LogP contribution in [-0.4, -0.2) is 33.0 Å². The summed E-state index contributed by atoms with van der Waals surface area (Å²) in [6.45, 7) is 3.36. The van der Waals surface area contributed by atoms with Crippen LogP contribution in [0.1, 0.15) is 49.0 Å². The van der Waals surface area contributed by atoms with Crippen LogP contribution in [0.2, 0.25) is 0 Å². The standard InChI is InChI=1S/C27H27FN4O2/c1-16(26(29)33)31-22-7-2-3-8-23(22)32(27(31)34)18-11-13-30(14-12-18)24-15-17-9-10-21(28)19-5-4-6-20(24)25(17)19/h2-10,16,18,24H,11-15H2,1H3,(H2,29,33). The normalized spacial score (nSPS) is 19.8. The molecule has 0 bridgehead atoms. The van der Waals surface area contributed by atoms with E-state index in [0.29, 0.717) is 5.39 Å². The van der Waals surface area contributed by atoms with Crippen molar-refractivity contribution >= 4 is 27.7 Å². The number of carbonyl (C=O) groups is 1. The van der Waals surface area contributed by atoms with Crippen LogP contribution in [0.15, 0.2) is 59.4 Å². The molecule has 34 heavy (non-hydrogen) atoms. The third-order valence-electron chi connectivity index (χ3n) is 7.80. The highest BCUT2D eigenvalue weighted by molar-refractivity contribution is 5.92. The number of halogens is 1. The first-order valence-corrected chi connectivity index (χ1v) is 11.9. The van der Waals surface area contributed by atoms with E-state index in [-0.39, 0.29) is 23.6 Å². The Morgan fingerprint density at radius 1 is 1.03 bits per heavy atom. The molecule has 0 saturated carbocycles. The third-order valence-corrected chi connectivity index (χ3v) is 7.80. The van der Waals surface area contributed by atoms with Crippen LogP contribution in [-0.2, 0) is 11.2 Å². The van der Waals surface area contributed by atoms with Crippen LogP contribution in [0, 0.1) is 5.82 Å². The van der Waals surface area contributed by atoms with Crippen molar-refractivity contribution in [1.29, 1.82) is 0 Å². The van der Waals surface area contributed by atoms with E-state index in [1.807, 2.05) is 47.0 Å². The Labute approximate surface area is 196 Å². The number of piperidine rings is 1. The number of aromatic nitrogens is 2. The van der Waals surface area contributed by atoms with E-state index < -0.39 is 11.9 Å². The van der Waals surface area contributed by atoms with E-state index in [1.165, 1.54) is 15.7 Å². The van der Waals surface area contributed by atoms with Gasteiger partial charge in [0.05, 0.1) is 11.0 Å². The molecule has 0 radical (unpaired) electrons. The van der Waals surface area contributed by atoms with Gasteiger partial charge in [-0.25, -0.2) is 9.18 Å². The minimum Gasteiger partial charge on any atom is -0.368 e. The molecule has 7 heteroatoms. The summed E-state index contributed by atoms with van der Waals surface area (Å²) in [6.07, 6.45) is 2.54. The Morgan fingerprint density at radius 2 is 1.76 bits per heavy atom. The van der Waals surface area contributed by atoms with E-state index in [4.69, 9.17) is 5.73 Å². The molecule has 2 heterocycles. The highest BCUT2D eigenvalue weighted by atomic mass is 19.1. The summed E-state index contributed by atoms with van der Waals surface area (Å²) in [5.41, 5.74) is 9.35. The molecule has 2 N–H and O–H groups in total. The molecule has 4 aromatic rings. The monoisotopic (exact) mass is 458 g/mol. The topological polar surface area (TPSA) is 73.3 Å². The van der Waals surface area contributed by atoms with Crippen molar-refractivity contribution in [1.82, 2.24) is 14.0 Å². The fourth-order valence-electron chi connectivity index (χ4n) is 6.07. The number of likely N-dealkylation sites (tertiary alicyclic amines) is 1. The number of rotatable bonds is 4. The third kappa shape index (κ3) is 3.03. The summed E-state index contributed by atoms with van der Waals surface area (Å²) in [4.78, 5) is 27.8. The first-order valence-electron chi connectivity index (χ1n) is 11.9. The van der Waals surface area contributed by atoms with Gasteiger partial charge in [-0.1, -0.05) is 36.4 Å². The first-order chi connectivity index (χ1) is 16.5. The minimum atomic E-state index is -0.711. The van der Waals surface area contributed by atoms with Crippen molar-refractivity contribution in [2.24, 2.45) is 5.73 Å². The molecular formula is C27H27FN4O2. The molecule has 1 amide bonds. The fraction of sp³-hybridized carbons (Fsp3) is 0.333. The SMILES string of the molecule is CC(C(N)=O)n1c(=O)n(C2CCN(C3Cc4ccc(F)c5cccc3c45)CC2)c2ccccc21. The van der Waals surface area contributed by atoms with Crippen LogP contribution in [0.25, 0.3) is 21.8 Å². The molecular weight excluding hydrogens is 431 g/mol. The van der Waals surface area contributed by atoms with Crippen molar-refractivity contribution in [2.75, 3.05) is 13.1 Å². The Kier molecular flexibility index (Phi) is 4.85. The summed E-state index contributed by atoms with van der Waals surface area (Å²) in [7, 11) is 0. The molecule has 2 unspecified atom stereocenters. The van der Waals surface area contributed by atoms with Crippen molar-refractivity contribution in [2.45, 2.75) is 44.3 Å². The van der Waals surface area contributed by atoms with Gasteiger partial charge in [-0.2, -0.15) is 0 Å². The molecule has 1 saturated heterocycles. The molecule has 6 nitrogen and oxygen atoms in total. The highest BCUT2D eigenvalue weighted by Crippen LogP contribution is 2.42. The molecule has 174 valence electrons. The number of nitrogens with two attached hydrogens (primary N) is 1. The number of amides is 1. The lowest BCUT2D eigenvalue weighted by atomic mass is 9.99. The average Bonchev–Trinajstić information content (AvgIpc) is 3.37. The van der Waals surface area contributed by atoms with Gasteiger partial charge in [-0.05, 0) is 60.9 Å². The number of carbonyl (C=O) groups excluding carboxylic acids is 1. The van der Waals surface area contributed by atoms with Crippen LogP contribution >= 0.6 is 0 Å². The lowest BCUT2D eigenvalue weighted by Gasteiger charge is -2.36. The maximum absolute atomic E-state index is 14.4. The molecule has 1 aromatic heterocycles. The van der Waals surface area contributed by atoms with Crippen LogP contribution < -0.4 is 11.4 Å². The second-order valence-corrected chi connectivity index (χ2v) is 9.55. The fourth-order valence-corrected chi connectivity index (χ4v) is 6.07. The van der Waals surface area contributed by atoms with Gasteiger partial charge >= 0.3 is 5.69 Å². The second kappa shape index (κ2) is 7.81. The molecule has 2 aliphatic rings. The predicted octanol–water partition coefficient (Wildman–Crippen LogP) is 4.08. The van der Waals surface area contributed by atoms with E-state index >= 15 is 0 Å². The van der Waals surface area contributed by atoms with Gasteiger partial charge < -0.3 is 5.73 Å². The number of para-hydroxylation sites is 2. The van der Waals surface area contributed by atoms with Gasteiger partial charge in [0.15, 0.2) is 0 Å². The smallest absolute Gasteiger partial charge is 0.330 e. The quantitative estimate of drug-likeness (QED) is 0.501. The number of nitrogens with zero attached hydrogens (tertiary/aromatic N) is 3. The summed E-state index contributed by atoms with van der Waals surface area (Å²) in [5, 5.41) is 1.77. The Balaban J connectivity index is 1.30. The zero-order valence-electron chi connectivity index (χ0n) is 19.1. The maximum atomic E-state index is 14.4. The Morgan fingerprint density at radius 3 is 2.50 bits per heavy atom. The lowest BCUT2D eigenvalue weighted by molar-refractivity contribution is -0.120. The maximum Gasteiger partial charge on any atom is 0.330 e. The van der Waals surface area contributed by atoms with Gasteiger partial charge in [0.25, 0.3) is 0 Å². The first kappa shape index (κ1) is 21.1. The molecule has 2 atom stereocenters. The zero-order chi connectivity index (χ0) is 23.6. The van der Waals surface area contributed by atoms with Crippen molar-refractivity contribution in [3.8, 4) is 0 Å². The van der Waals surface area contributed by atoms with E-state index in [2.05, 4.69) is 11.0 Å². The second-order valence-electron chi connectivity index (χ2n) is 9.55. The van der Waals surface area contributed by atoms with Crippen LogP contribution in [0.3, 0.4) is 0 Å². The number of hydrogen-bond acceptors (Lipinski definition) is 3. The zero-order valence-corrected chi connectivity index (χ0v) is 19.1. The molecule has 1 aliphatic carbocycles. The van der Waals surface area contributed by atoms with Crippen LogP contribution in [0.4, 0.5) is 4.39 Å². The lowest BCUT2D eigenvalue weighted by Crippen LogP contribution is -2.40. The van der Waals surface area contributed by atoms with Gasteiger partial charge in [0.2, 0.25) is 5.91 Å². The summed E-state index contributed by atoms with van der Waals surface area (Å²) in [6, 6.07) is 16.6. The van der Waals surface area contributed by atoms with Gasteiger partial charge in [0.1, 0.15) is 11.9 Å². The Bertz CT molecular complexity index is 1500. The number of benzene rings is 3. The van der Waals surface area contributed by atoms with E-state index in [0.717, 1.165) is 48.8 Å². The Hall–Kier alpha value is -3.45. The molecule has 6 rings (SSSR count). The van der Waals surface area contributed by atoms with Crippen molar-refractivity contribution in [3.63, 3.8) is 0 Å². The highest BCUT2D eigenvalue weighted by Gasteiger charge is 2.34. The van der Waals surface area contributed by atoms with Gasteiger partial charge in [-0.3, -0.25) is 18.8 Å². The van der Waals surface area contributed by atoms with Crippen LogP contribution in [0.5, 0.6) is 0 Å². The number of hydrogen-bond donors (Lipinski definition) is 1. The van der Waals surface area contributed by atoms with Crippen molar-refractivity contribution < 1.29 is 9.18 Å². The van der Waals surface area contributed by atoms with Gasteiger partial charge in [-0.15, -0.1) is 0 Å². The number of imidazole rings is 1. The minimum absolute atomic E-state index is 0.0481. The summed E-state index contributed by atoms with van der Waals surface area (Å²) < 4.78 is 17.8. The summed E-state index contributed by atoms with van der Waals surface area (Å²) in [5.74, 6) is -0.688. The number of fused-ring (bicyclic) bond motifs is 1. The van der Waals surface area contributed by atoms with E-state index in [1.54, 1.807) is 13.0 Å². The molecule has 1 aliphatic heterocycles.